The highest BCUT2D eigenvalue weighted by molar-refractivity contribution is 6.30. The van der Waals surface area contributed by atoms with Gasteiger partial charge in [0.15, 0.2) is 0 Å². The SMILES string of the molecule is COc1ccc(NC(=O)C2CCNCC2)c(N(C(=O)C(F)(F)F)c2ccc(Cl)cn2)c1. The Morgan fingerprint density at radius 1 is 1.23 bits per heavy atom. The van der Waals surface area contributed by atoms with Gasteiger partial charge in [-0.1, -0.05) is 11.6 Å². The number of carbonyl (C=O) groups excluding carboxylic acids is 2. The van der Waals surface area contributed by atoms with Crippen molar-refractivity contribution < 1.29 is 27.5 Å². The van der Waals surface area contributed by atoms with E-state index in [0.717, 1.165) is 6.20 Å². The van der Waals surface area contributed by atoms with Crippen LogP contribution in [0.25, 0.3) is 0 Å². The molecule has 0 aliphatic carbocycles. The minimum atomic E-state index is -5.19. The van der Waals surface area contributed by atoms with Gasteiger partial charge in [-0.25, -0.2) is 4.98 Å². The molecule has 0 bridgehead atoms. The van der Waals surface area contributed by atoms with E-state index in [1.54, 1.807) is 0 Å². The average Bonchev–Trinajstić information content (AvgIpc) is 2.76. The van der Waals surface area contributed by atoms with Gasteiger partial charge in [-0.3, -0.25) is 14.5 Å². The van der Waals surface area contributed by atoms with Gasteiger partial charge < -0.3 is 15.4 Å². The summed E-state index contributed by atoms with van der Waals surface area (Å²) in [5.41, 5.74) is -0.197. The van der Waals surface area contributed by atoms with E-state index >= 15 is 0 Å². The maximum Gasteiger partial charge on any atom is 0.472 e. The predicted octanol–water partition coefficient (Wildman–Crippen LogP) is 3.91. The first-order valence-corrected chi connectivity index (χ1v) is 9.81. The Morgan fingerprint density at radius 2 is 1.94 bits per heavy atom. The Labute approximate surface area is 181 Å². The fourth-order valence-corrected chi connectivity index (χ4v) is 3.32. The van der Waals surface area contributed by atoms with Crippen LogP contribution in [0.5, 0.6) is 5.75 Å². The number of nitrogens with zero attached hydrogens (tertiary/aromatic N) is 2. The summed E-state index contributed by atoms with van der Waals surface area (Å²) in [6.07, 6.45) is -2.87. The van der Waals surface area contributed by atoms with Crippen molar-refractivity contribution >= 4 is 40.6 Å². The molecule has 1 aliphatic heterocycles. The predicted molar refractivity (Wildman–Crippen MR) is 110 cm³/mol. The van der Waals surface area contributed by atoms with Crippen molar-refractivity contribution in [3.8, 4) is 5.75 Å². The molecule has 2 amide bonds. The Hall–Kier alpha value is -2.85. The molecule has 1 saturated heterocycles. The summed E-state index contributed by atoms with van der Waals surface area (Å²) in [5, 5.41) is 5.99. The number of ether oxygens (including phenoxy) is 1. The molecule has 1 aliphatic rings. The third-order valence-electron chi connectivity index (χ3n) is 4.80. The number of amides is 2. The van der Waals surface area contributed by atoms with E-state index in [9.17, 15) is 22.8 Å². The van der Waals surface area contributed by atoms with Crippen LogP contribution in [-0.2, 0) is 9.59 Å². The van der Waals surface area contributed by atoms with Gasteiger partial charge in [-0.15, -0.1) is 0 Å². The Balaban J connectivity index is 2.06. The Kier molecular flexibility index (Phi) is 7.01. The number of rotatable bonds is 5. The topological polar surface area (TPSA) is 83.6 Å². The van der Waals surface area contributed by atoms with E-state index < -0.39 is 12.1 Å². The van der Waals surface area contributed by atoms with Crippen molar-refractivity contribution in [2.75, 3.05) is 30.4 Å². The van der Waals surface area contributed by atoms with Crippen LogP contribution in [0.15, 0.2) is 36.5 Å². The summed E-state index contributed by atoms with van der Waals surface area (Å²) in [4.78, 5) is 29.3. The van der Waals surface area contributed by atoms with Crippen LogP contribution in [0.1, 0.15) is 12.8 Å². The first-order valence-electron chi connectivity index (χ1n) is 9.43. The summed E-state index contributed by atoms with van der Waals surface area (Å²) in [7, 11) is 1.34. The maximum absolute atomic E-state index is 13.4. The number of anilines is 3. The van der Waals surface area contributed by atoms with Gasteiger partial charge in [0.25, 0.3) is 0 Å². The largest absolute Gasteiger partial charge is 0.497 e. The van der Waals surface area contributed by atoms with E-state index in [4.69, 9.17) is 16.3 Å². The van der Waals surface area contributed by atoms with Crippen LogP contribution < -0.4 is 20.3 Å². The van der Waals surface area contributed by atoms with Crippen molar-refractivity contribution in [3.63, 3.8) is 0 Å². The number of hydrogen-bond donors (Lipinski definition) is 2. The molecule has 3 rings (SSSR count). The maximum atomic E-state index is 13.4. The van der Waals surface area contributed by atoms with Gasteiger partial charge in [0.1, 0.15) is 11.6 Å². The lowest BCUT2D eigenvalue weighted by Gasteiger charge is -2.27. The van der Waals surface area contributed by atoms with Crippen LogP contribution in [0, 0.1) is 5.92 Å². The fourth-order valence-electron chi connectivity index (χ4n) is 3.21. The smallest absolute Gasteiger partial charge is 0.472 e. The fraction of sp³-hybridized carbons (Fsp3) is 0.350. The number of pyridine rings is 1. The summed E-state index contributed by atoms with van der Waals surface area (Å²) >= 11 is 5.80. The minimum Gasteiger partial charge on any atom is -0.497 e. The van der Waals surface area contributed by atoms with Crippen molar-refractivity contribution in [2.45, 2.75) is 19.0 Å². The number of hydrogen-bond acceptors (Lipinski definition) is 5. The molecule has 2 heterocycles. The van der Waals surface area contributed by atoms with Gasteiger partial charge in [0.2, 0.25) is 5.91 Å². The third-order valence-corrected chi connectivity index (χ3v) is 5.02. The standard InChI is InChI=1S/C20H20ClF3N4O3/c1-31-14-3-4-15(27-18(29)12-6-8-25-9-7-12)16(10-14)28(19(30)20(22,23)24)17-5-2-13(21)11-26-17/h2-5,10-12,25H,6-9H2,1H3,(H,27,29). The van der Waals surface area contributed by atoms with Crippen molar-refractivity contribution in [1.82, 2.24) is 10.3 Å². The third kappa shape index (κ3) is 5.45. The van der Waals surface area contributed by atoms with Crippen molar-refractivity contribution in [1.29, 1.82) is 0 Å². The number of carbonyl (C=O) groups is 2. The van der Waals surface area contributed by atoms with E-state index in [1.807, 2.05) is 0 Å². The minimum absolute atomic E-state index is 0.0266. The summed E-state index contributed by atoms with van der Waals surface area (Å²) in [6, 6.07) is 6.60. The molecule has 0 unspecified atom stereocenters. The first-order chi connectivity index (χ1) is 14.7. The molecular formula is C20H20ClF3N4O3. The van der Waals surface area contributed by atoms with Crippen LogP contribution in [0.4, 0.5) is 30.4 Å². The number of benzene rings is 1. The van der Waals surface area contributed by atoms with Crippen molar-refractivity contribution in [2.24, 2.45) is 5.92 Å². The van der Waals surface area contributed by atoms with E-state index in [2.05, 4.69) is 15.6 Å². The molecule has 2 N–H and O–H groups in total. The summed E-state index contributed by atoms with van der Waals surface area (Å²) in [5.74, 6) is -2.91. The van der Waals surface area contributed by atoms with E-state index in [1.165, 1.54) is 37.4 Å². The molecule has 0 spiro atoms. The molecule has 1 fully saturated rings. The zero-order chi connectivity index (χ0) is 22.6. The molecule has 0 radical (unpaired) electrons. The molecule has 7 nitrogen and oxygen atoms in total. The van der Waals surface area contributed by atoms with Crippen LogP contribution in [-0.4, -0.2) is 43.2 Å². The number of halogens is 4. The normalized spacial score (nSPS) is 14.7. The van der Waals surface area contributed by atoms with Gasteiger partial charge >= 0.3 is 12.1 Å². The number of aromatic nitrogens is 1. The highest BCUT2D eigenvalue weighted by Crippen LogP contribution is 2.38. The highest BCUT2D eigenvalue weighted by atomic mass is 35.5. The van der Waals surface area contributed by atoms with Crippen LogP contribution >= 0.6 is 11.6 Å². The quantitative estimate of drug-likeness (QED) is 0.712. The lowest BCUT2D eigenvalue weighted by molar-refractivity contribution is -0.169. The highest BCUT2D eigenvalue weighted by Gasteiger charge is 2.45. The molecule has 0 saturated carbocycles. The van der Waals surface area contributed by atoms with Gasteiger partial charge in [0.05, 0.1) is 23.5 Å². The molecule has 2 aromatic rings. The Bertz CT molecular complexity index is 948. The van der Waals surface area contributed by atoms with Gasteiger partial charge in [0, 0.05) is 18.2 Å². The Morgan fingerprint density at radius 3 is 2.52 bits per heavy atom. The van der Waals surface area contributed by atoms with Gasteiger partial charge in [-0.2, -0.15) is 13.2 Å². The zero-order valence-electron chi connectivity index (χ0n) is 16.5. The zero-order valence-corrected chi connectivity index (χ0v) is 17.3. The average molecular weight is 457 g/mol. The van der Waals surface area contributed by atoms with Crippen LogP contribution in [0.2, 0.25) is 5.02 Å². The summed E-state index contributed by atoms with van der Waals surface area (Å²) < 4.78 is 45.5. The molecule has 1 aromatic carbocycles. The lowest BCUT2D eigenvalue weighted by Crippen LogP contribution is -2.39. The monoisotopic (exact) mass is 456 g/mol. The molecule has 1 aromatic heterocycles. The molecule has 31 heavy (non-hydrogen) atoms. The first kappa shape index (κ1) is 22.8. The second-order valence-corrected chi connectivity index (χ2v) is 7.31. The summed E-state index contributed by atoms with van der Waals surface area (Å²) in [6.45, 7) is 1.34. The second kappa shape index (κ2) is 9.52. The van der Waals surface area contributed by atoms with Crippen LogP contribution in [0.3, 0.4) is 0 Å². The number of methoxy groups -OCH3 is 1. The molecular weight excluding hydrogens is 437 g/mol. The lowest BCUT2D eigenvalue weighted by atomic mass is 9.97. The molecule has 11 heteroatoms. The molecule has 166 valence electrons. The molecule has 0 atom stereocenters. The van der Waals surface area contributed by atoms with Crippen molar-refractivity contribution in [3.05, 3.63) is 41.6 Å². The van der Waals surface area contributed by atoms with E-state index in [0.29, 0.717) is 30.8 Å². The number of piperidine rings is 1. The second-order valence-electron chi connectivity index (χ2n) is 6.87. The number of nitrogens with one attached hydrogen (secondary N) is 2. The van der Waals surface area contributed by atoms with Gasteiger partial charge in [-0.05, 0) is 50.2 Å². The van der Waals surface area contributed by atoms with E-state index in [-0.39, 0.29) is 39.8 Å². The number of alkyl halides is 3.